The van der Waals surface area contributed by atoms with Crippen LogP contribution in [0.25, 0.3) is 0 Å². The van der Waals surface area contributed by atoms with Gasteiger partial charge in [-0.05, 0) is 54.2 Å². The van der Waals surface area contributed by atoms with Gasteiger partial charge in [0.15, 0.2) is 0 Å². The zero-order chi connectivity index (χ0) is 14.7. The minimum Gasteiger partial charge on any atom is -0.399 e. The summed E-state index contributed by atoms with van der Waals surface area (Å²) in [6.07, 6.45) is 2.66. The van der Waals surface area contributed by atoms with Crippen LogP contribution in [0.5, 0.6) is 0 Å². The van der Waals surface area contributed by atoms with Crippen LogP contribution in [0.2, 0.25) is 0 Å². The second-order valence-electron chi connectivity index (χ2n) is 5.98. The Morgan fingerprint density at radius 3 is 2.32 bits per heavy atom. The van der Waals surface area contributed by atoms with Gasteiger partial charge in [-0.2, -0.15) is 0 Å². The minimum absolute atomic E-state index is 0. The average Bonchev–Trinajstić information content (AvgIpc) is 3.25. The van der Waals surface area contributed by atoms with Gasteiger partial charge in [0, 0.05) is 25.3 Å². The lowest BCUT2D eigenvalue weighted by atomic mass is 10.1. The Bertz CT molecular complexity index is 596. The van der Waals surface area contributed by atoms with E-state index in [1.165, 1.54) is 30.5 Å². The minimum atomic E-state index is -0.177. The summed E-state index contributed by atoms with van der Waals surface area (Å²) in [5, 5.41) is 0. The molecule has 0 bridgehead atoms. The Hall–Kier alpha value is -1.58. The Kier molecular flexibility index (Phi) is 5.81. The van der Waals surface area contributed by atoms with E-state index in [2.05, 4.69) is 11.0 Å². The van der Waals surface area contributed by atoms with Crippen LogP contribution in [0.3, 0.4) is 0 Å². The smallest absolute Gasteiger partial charge is 0.123 e. The molecule has 118 valence electrons. The molecule has 0 amide bonds. The summed E-state index contributed by atoms with van der Waals surface area (Å²) >= 11 is 0. The van der Waals surface area contributed by atoms with Crippen molar-refractivity contribution < 1.29 is 4.39 Å². The monoisotopic (exact) mass is 320 g/mol. The van der Waals surface area contributed by atoms with Gasteiger partial charge in [0.2, 0.25) is 0 Å². The Balaban J connectivity index is 0.00000176. The van der Waals surface area contributed by atoms with E-state index in [-0.39, 0.29) is 18.2 Å². The fourth-order valence-electron chi connectivity index (χ4n) is 2.65. The number of nitrogens with zero attached hydrogens (tertiary/aromatic N) is 1. The lowest BCUT2D eigenvalue weighted by Crippen LogP contribution is -2.25. The number of hydrogen-bond donors (Lipinski definition) is 1. The van der Waals surface area contributed by atoms with E-state index < -0.39 is 0 Å². The Labute approximate surface area is 137 Å². The number of halogens is 2. The van der Waals surface area contributed by atoms with Crippen LogP contribution >= 0.6 is 12.4 Å². The standard InChI is InChI=1S/C18H21FN2.ClH/c19-17-8-6-15(7-9-17)12-21(11-14-4-5-14)13-16-2-1-3-18(20)10-16;/h1-3,6-10,14H,4-5,11-13,20H2;1H. The van der Waals surface area contributed by atoms with E-state index in [0.29, 0.717) is 0 Å². The van der Waals surface area contributed by atoms with Crippen LogP contribution in [-0.4, -0.2) is 11.4 Å². The molecule has 0 unspecified atom stereocenters. The molecular weight excluding hydrogens is 299 g/mol. The van der Waals surface area contributed by atoms with Gasteiger partial charge < -0.3 is 5.73 Å². The SMILES string of the molecule is Cl.Nc1cccc(CN(Cc2ccc(F)cc2)CC2CC2)c1. The van der Waals surface area contributed by atoms with Crippen LogP contribution in [0.4, 0.5) is 10.1 Å². The number of rotatable bonds is 6. The van der Waals surface area contributed by atoms with Crippen molar-refractivity contribution in [3.63, 3.8) is 0 Å². The van der Waals surface area contributed by atoms with Crippen LogP contribution < -0.4 is 5.73 Å². The Morgan fingerprint density at radius 1 is 1.00 bits per heavy atom. The fraction of sp³-hybridized carbons (Fsp3) is 0.333. The van der Waals surface area contributed by atoms with E-state index in [1.54, 1.807) is 0 Å². The fourth-order valence-corrected chi connectivity index (χ4v) is 2.65. The van der Waals surface area contributed by atoms with Gasteiger partial charge in [-0.1, -0.05) is 24.3 Å². The van der Waals surface area contributed by atoms with Gasteiger partial charge >= 0.3 is 0 Å². The molecule has 0 aliphatic heterocycles. The summed E-state index contributed by atoms with van der Waals surface area (Å²) in [5.41, 5.74) is 9.05. The molecule has 0 heterocycles. The van der Waals surface area contributed by atoms with Crippen molar-refractivity contribution in [2.24, 2.45) is 5.92 Å². The van der Waals surface area contributed by atoms with Crippen LogP contribution in [0.15, 0.2) is 48.5 Å². The van der Waals surface area contributed by atoms with Crippen molar-refractivity contribution in [3.05, 3.63) is 65.5 Å². The van der Waals surface area contributed by atoms with E-state index in [1.807, 2.05) is 30.3 Å². The quantitative estimate of drug-likeness (QED) is 0.807. The van der Waals surface area contributed by atoms with Crippen molar-refractivity contribution in [3.8, 4) is 0 Å². The van der Waals surface area contributed by atoms with E-state index in [0.717, 1.165) is 36.8 Å². The number of anilines is 1. The highest BCUT2D eigenvalue weighted by Gasteiger charge is 2.24. The molecule has 2 nitrogen and oxygen atoms in total. The summed E-state index contributed by atoms with van der Waals surface area (Å²) in [7, 11) is 0. The summed E-state index contributed by atoms with van der Waals surface area (Å²) in [6.45, 7) is 2.84. The highest BCUT2D eigenvalue weighted by Crippen LogP contribution is 2.30. The number of nitrogen functional groups attached to an aromatic ring is 1. The molecule has 2 aromatic rings. The third kappa shape index (κ3) is 5.00. The number of benzene rings is 2. The van der Waals surface area contributed by atoms with E-state index in [4.69, 9.17) is 5.73 Å². The molecule has 2 N–H and O–H groups in total. The molecule has 3 rings (SSSR count). The summed E-state index contributed by atoms with van der Waals surface area (Å²) in [6, 6.07) is 14.9. The van der Waals surface area contributed by atoms with E-state index in [9.17, 15) is 4.39 Å². The molecule has 22 heavy (non-hydrogen) atoms. The molecule has 1 aliphatic rings. The van der Waals surface area contributed by atoms with Crippen molar-refractivity contribution in [2.75, 3.05) is 12.3 Å². The predicted octanol–water partition coefficient (Wildman–Crippen LogP) is 4.24. The number of hydrogen-bond acceptors (Lipinski definition) is 2. The first-order valence-electron chi connectivity index (χ1n) is 7.50. The van der Waals surface area contributed by atoms with Gasteiger partial charge in [-0.25, -0.2) is 4.39 Å². The van der Waals surface area contributed by atoms with Crippen molar-refractivity contribution in [1.82, 2.24) is 4.90 Å². The topological polar surface area (TPSA) is 29.3 Å². The first kappa shape index (κ1) is 16.8. The second kappa shape index (κ2) is 7.61. The maximum absolute atomic E-state index is 13.0. The summed E-state index contributed by atoms with van der Waals surface area (Å²) in [4.78, 5) is 2.43. The van der Waals surface area contributed by atoms with Gasteiger partial charge in [0.25, 0.3) is 0 Å². The summed E-state index contributed by atoms with van der Waals surface area (Å²) < 4.78 is 13.0. The molecule has 1 fully saturated rings. The zero-order valence-corrected chi connectivity index (χ0v) is 13.4. The van der Waals surface area contributed by atoms with Crippen LogP contribution in [0.1, 0.15) is 24.0 Å². The van der Waals surface area contributed by atoms with Crippen molar-refractivity contribution in [1.29, 1.82) is 0 Å². The predicted molar refractivity (Wildman–Crippen MR) is 91.3 cm³/mol. The van der Waals surface area contributed by atoms with Gasteiger partial charge in [0.1, 0.15) is 5.82 Å². The molecule has 4 heteroatoms. The highest BCUT2D eigenvalue weighted by molar-refractivity contribution is 5.85. The van der Waals surface area contributed by atoms with Crippen LogP contribution in [0, 0.1) is 11.7 Å². The Morgan fingerprint density at radius 2 is 1.68 bits per heavy atom. The first-order chi connectivity index (χ1) is 10.2. The molecule has 1 saturated carbocycles. The molecular formula is C18H22ClFN2. The maximum Gasteiger partial charge on any atom is 0.123 e. The molecule has 1 aliphatic carbocycles. The van der Waals surface area contributed by atoms with Gasteiger partial charge in [-0.3, -0.25) is 4.90 Å². The molecule has 0 saturated heterocycles. The third-order valence-corrected chi connectivity index (χ3v) is 3.89. The summed E-state index contributed by atoms with van der Waals surface area (Å²) in [5.74, 6) is 0.648. The zero-order valence-electron chi connectivity index (χ0n) is 12.5. The lowest BCUT2D eigenvalue weighted by Gasteiger charge is -2.22. The third-order valence-electron chi connectivity index (χ3n) is 3.89. The number of nitrogens with two attached hydrogens (primary N) is 1. The van der Waals surface area contributed by atoms with Gasteiger partial charge in [-0.15, -0.1) is 12.4 Å². The second-order valence-corrected chi connectivity index (χ2v) is 5.98. The normalized spacial score (nSPS) is 13.9. The average molecular weight is 321 g/mol. The largest absolute Gasteiger partial charge is 0.399 e. The maximum atomic E-state index is 13.0. The molecule has 0 atom stereocenters. The molecule has 2 aromatic carbocycles. The lowest BCUT2D eigenvalue weighted by molar-refractivity contribution is 0.246. The van der Waals surface area contributed by atoms with E-state index >= 15 is 0 Å². The van der Waals surface area contributed by atoms with Crippen LogP contribution in [-0.2, 0) is 13.1 Å². The van der Waals surface area contributed by atoms with Crippen molar-refractivity contribution >= 4 is 18.1 Å². The highest BCUT2D eigenvalue weighted by atomic mass is 35.5. The first-order valence-corrected chi connectivity index (χ1v) is 7.50. The molecule has 0 aromatic heterocycles. The van der Waals surface area contributed by atoms with Gasteiger partial charge in [0.05, 0.1) is 0 Å². The molecule has 0 radical (unpaired) electrons. The molecule has 0 spiro atoms. The van der Waals surface area contributed by atoms with Crippen molar-refractivity contribution in [2.45, 2.75) is 25.9 Å².